The van der Waals surface area contributed by atoms with Crippen LogP contribution in [0.5, 0.6) is 0 Å². The number of piperazine rings is 1. The smallest absolute Gasteiger partial charge is 0.320 e. The molecule has 118 valence electrons. The first kappa shape index (κ1) is 13.9. The lowest BCUT2D eigenvalue weighted by Crippen LogP contribution is -2.65. The van der Waals surface area contributed by atoms with Gasteiger partial charge in [-0.05, 0) is 31.9 Å². The number of hydrogen-bond donors (Lipinski definition) is 0. The number of hydrogen-bond acceptors (Lipinski definition) is 2. The Morgan fingerprint density at radius 3 is 2.14 bits per heavy atom. The van der Waals surface area contributed by atoms with Gasteiger partial charge < -0.3 is 14.7 Å². The average molecular weight is 299 g/mol. The Morgan fingerprint density at radius 2 is 1.59 bits per heavy atom. The van der Waals surface area contributed by atoms with Crippen LogP contribution in [0, 0.1) is 12.3 Å². The number of carbonyl (C=O) groups excluding carboxylic acids is 1. The summed E-state index contributed by atoms with van der Waals surface area (Å²) in [5, 5.41) is 0. The number of aryl methyl sites for hydroxylation is 1. The fraction of sp³-hybridized carbons (Fsp3) is 0.611. The van der Waals surface area contributed by atoms with Crippen LogP contribution < -0.4 is 4.90 Å². The predicted molar refractivity (Wildman–Crippen MR) is 88.2 cm³/mol. The lowest BCUT2D eigenvalue weighted by atomic mass is 9.64. The van der Waals surface area contributed by atoms with Crippen molar-refractivity contribution in [3.63, 3.8) is 0 Å². The van der Waals surface area contributed by atoms with Crippen LogP contribution in [-0.4, -0.2) is 55.1 Å². The van der Waals surface area contributed by atoms with E-state index in [9.17, 15) is 4.79 Å². The first-order chi connectivity index (χ1) is 10.7. The van der Waals surface area contributed by atoms with Gasteiger partial charge in [-0.25, -0.2) is 4.79 Å². The van der Waals surface area contributed by atoms with E-state index in [1.54, 1.807) is 0 Å². The largest absolute Gasteiger partial charge is 0.368 e. The molecule has 2 heterocycles. The molecule has 3 fully saturated rings. The molecule has 2 saturated heterocycles. The third kappa shape index (κ3) is 2.34. The molecule has 1 aromatic carbocycles. The molecular formula is C18H25N3O. The molecule has 1 aromatic rings. The number of carbonyl (C=O) groups is 1. The van der Waals surface area contributed by atoms with Crippen molar-refractivity contribution in [2.45, 2.75) is 26.2 Å². The molecule has 22 heavy (non-hydrogen) atoms. The van der Waals surface area contributed by atoms with Crippen LogP contribution in [0.1, 0.15) is 24.8 Å². The fourth-order valence-electron chi connectivity index (χ4n) is 4.00. The number of benzene rings is 1. The van der Waals surface area contributed by atoms with E-state index >= 15 is 0 Å². The molecule has 0 N–H and O–H groups in total. The molecule has 2 aliphatic heterocycles. The summed E-state index contributed by atoms with van der Waals surface area (Å²) in [6.45, 7) is 7.68. The summed E-state index contributed by atoms with van der Waals surface area (Å²) in [4.78, 5) is 19.0. The fourth-order valence-corrected chi connectivity index (χ4v) is 4.00. The van der Waals surface area contributed by atoms with E-state index in [1.165, 1.54) is 30.5 Å². The van der Waals surface area contributed by atoms with Crippen molar-refractivity contribution in [2.75, 3.05) is 44.2 Å². The maximum atomic E-state index is 12.5. The monoisotopic (exact) mass is 299 g/mol. The molecule has 1 aliphatic carbocycles. The summed E-state index contributed by atoms with van der Waals surface area (Å²) in [6.07, 6.45) is 4.02. The Labute approximate surface area is 132 Å². The molecule has 0 radical (unpaired) electrons. The average Bonchev–Trinajstić information content (AvgIpc) is 2.45. The first-order valence-electron chi connectivity index (χ1n) is 8.51. The van der Waals surface area contributed by atoms with Gasteiger partial charge in [-0.2, -0.15) is 0 Å². The lowest BCUT2D eigenvalue weighted by Gasteiger charge is -2.56. The normalized spacial score (nSPS) is 23.2. The highest BCUT2D eigenvalue weighted by atomic mass is 16.2. The van der Waals surface area contributed by atoms with Crippen molar-refractivity contribution >= 4 is 11.7 Å². The molecule has 4 nitrogen and oxygen atoms in total. The minimum Gasteiger partial charge on any atom is -0.368 e. The highest BCUT2D eigenvalue weighted by Gasteiger charge is 2.49. The molecule has 0 aromatic heterocycles. The molecule has 0 bridgehead atoms. The molecule has 3 aliphatic rings. The minimum atomic E-state index is 0.265. The molecule has 4 rings (SSSR count). The van der Waals surface area contributed by atoms with Crippen LogP contribution in [0.3, 0.4) is 0 Å². The van der Waals surface area contributed by atoms with Gasteiger partial charge in [-0.3, -0.25) is 0 Å². The zero-order chi connectivity index (χ0) is 15.2. The number of anilines is 1. The molecule has 1 saturated carbocycles. The minimum absolute atomic E-state index is 0.265. The predicted octanol–water partition coefficient (Wildman–Crippen LogP) is 2.72. The number of amides is 2. The summed E-state index contributed by atoms with van der Waals surface area (Å²) in [5.41, 5.74) is 3.09. The van der Waals surface area contributed by atoms with Gasteiger partial charge in [0.2, 0.25) is 0 Å². The standard InChI is InChI=1S/C18H25N3O/c1-15-3-5-16(6-4-15)19-9-11-20(12-10-19)17(22)21-13-18(14-21)7-2-8-18/h3-6H,2,7-14H2,1H3. The van der Waals surface area contributed by atoms with Crippen molar-refractivity contribution in [3.05, 3.63) is 29.8 Å². The van der Waals surface area contributed by atoms with E-state index in [4.69, 9.17) is 0 Å². The van der Waals surface area contributed by atoms with Crippen molar-refractivity contribution in [1.29, 1.82) is 0 Å². The van der Waals surface area contributed by atoms with Crippen molar-refractivity contribution in [2.24, 2.45) is 5.41 Å². The molecule has 0 atom stereocenters. The van der Waals surface area contributed by atoms with Crippen molar-refractivity contribution < 1.29 is 4.79 Å². The Balaban J connectivity index is 1.30. The summed E-state index contributed by atoms with van der Waals surface area (Å²) in [6, 6.07) is 8.95. The maximum Gasteiger partial charge on any atom is 0.320 e. The van der Waals surface area contributed by atoms with Crippen LogP contribution >= 0.6 is 0 Å². The van der Waals surface area contributed by atoms with E-state index in [0.29, 0.717) is 5.41 Å². The van der Waals surface area contributed by atoms with Gasteiger partial charge in [0.25, 0.3) is 0 Å². The zero-order valence-corrected chi connectivity index (χ0v) is 13.4. The maximum absolute atomic E-state index is 12.5. The highest BCUT2D eigenvalue weighted by Crippen LogP contribution is 2.48. The van der Waals surface area contributed by atoms with Gasteiger partial charge in [-0.15, -0.1) is 0 Å². The second-order valence-electron chi connectivity index (χ2n) is 7.30. The van der Waals surface area contributed by atoms with Gasteiger partial charge in [0.05, 0.1) is 0 Å². The first-order valence-corrected chi connectivity index (χ1v) is 8.51. The number of urea groups is 1. The van der Waals surface area contributed by atoms with Gasteiger partial charge in [-0.1, -0.05) is 24.1 Å². The topological polar surface area (TPSA) is 26.8 Å². The molecular weight excluding hydrogens is 274 g/mol. The van der Waals surface area contributed by atoms with E-state index < -0.39 is 0 Å². The Kier molecular flexibility index (Phi) is 3.28. The summed E-state index contributed by atoms with van der Waals surface area (Å²) < 4.78 is 0. The Bertz CT molecular complexity index is 548. The quantitative estimate of drug-likeness (QED) is 0.797. The van der Waals surface area contributed by atoms with E-state index in [2.05, 4.69) is 41.0 Å². The second-order valence-corrected chi connectivity index (χ2v) is 7.30. The highest BCUT2D eigenvalue weighted by molar-refractivity contribution is 5.76. The van der Waals surface area contributed by atoms with Gasteiger partial charge in [0, 0.05) is 50.4 Å². The molecule has 0 unspecified atom stereocenters. The lowest BCUT2D eigenvalue weighted by molar-refractivity contribution is -0.0410. The molecule has 1 spiro atoms. The van der Waals surface area contributed by atoms with E-state index in [1.807, 2.05) is 4.90 Å². The Morgan fingerprint density at radius 1 is 0.955 bits per heavy atom. The summed E-state index contributed by atoms with van der Waals surface area (Å²) >= 11 is 0. The van der Waals surface area contributed by atoms with E-state index in [-0.39, 0.29) is 6.03 Å². The second kappa shape index (κ2) is 5.18. The number of likely N-dealkylation sites (tertiary alicyclic amines) is 1. The van der Waals surface area contributed by atoms with Crippen molar-refractivity contribution in [1.82, 2.24) is 9.80 Å². The van der Waals surface area contributed by atoms with Crippen LogP contribution in [0.15, 0.2) is 24.3 Å². The Hall–Kier alpha value is -1.71. The van der Waals surface area contributed by atoms with Crippen molar-refractivity contribution in [3.8, 4) is 0 Å². The van der Waals surface area contributed by atoms with Gasteiger partial charge >= 0.3 is 6.03 Å². The third-order valence-corrected chi connectivity index (χ3v) is 5.69. The number of nitrogens with zero attached hydrogens (tertiary/aromatic N) is 3. The van der Waals surface area contributed by atoms with Crippen LogP contribution in [0.25, 0.3) is 0 Å². The van der Waals surface area contributed by atoms with Gasteiger partial charge in [0.1, 0.15) is 0 Å². The van der Waals surface area contributed by atoms with Crippen LogP contribution in [-0.2, 0) is 0 Å². The van der Waals surface area contributed by atoms with Crippen LogP contribution in [0.2, 0.25) is 0 Å². The van der Waals surface area contributed by atoms with Gasteiger partial charge in [0.15, 0.2) is 0 Å². The molecule has 2 amide bonds. The molecule has 4 heteroatoms. The third-order valence-electron chi connectivity index (χ3n) is 5.69. The zero-order valence-electron chi connectivity index (χ0n) is 13.4. The summed E-state index contributed by atoms with van der Waals surface area (Å²) in [7, 11) is 0. The van der Waals surface area contributed by atoms with E-state index in [0.717, 1.165) is 39.3 Å². The number of rotatable bonds is 1. The SMILES string of the molecule is Cc1ccc(N2CCN(C(=O)N3CC4(CCC4)C3)CC2)cc1. The summed E-state index contributed by atoms with van der Waals surface area (Å²) in [5.74, 6) is 0. The van der Waals surface area contributed by atoms with Crippen LogP contribution in [0.4, 0.5) is 10.5 Å².